The maximum Gasteiger partial charge on any atom is 0.272 e. The van der Waals surface area contributed by atoms with E-state index in [1.54, 1.807) is 23.9 Å². The van der Waals surface area contributed by atoms with Crippen molar-refractivity contribution in [2.75, 3.05) is 19.7 Å². The number of hydrogen-bond donors (Lipinski definition) is 1. The van der Waals surface area contributed by atoms with Gasteiger partial charge >= 0.3 is 0 Å². The van der Waals surface area contributed by atoms with Gasteiger partial charge in [0.05, 0.1) is 12.3 Å². The molecule has 140 valence electrons. The molecule has 0 bridgehead atoms. The molecule has 0 saturated carbocycles. The SMILES string of the molecule is CCc1cc(C(=O)N2CCC[C@@](CO)(Cc3ccc(F)cc3)C2)n(C)n1. The highest BCUT2D eigenvalue weighted by Gasteiger charge is 2.37. The molecule has 0 spiro atoms. The van der Waals surface area contributed by atoms with Crippen LogP contribution in [-0.4, -0.2) is 45.4 Å². The first-order valence-electron chi connectivity index (χ1n) is 9.14. The molecule has 1 N–H and O–H groups in total. The zero-order valence-electron chi connectivity index (χ0n) is 15.4. The molecule has 6 heteroatoms. The van der Waals surface area contributed by atoms with E-state index in [0.29, 0.717) is 25.2 Å². The van der Waals surface area contributed by atoms with Gasteiger partial charge in [-0.25, -0.2) is 4.39 Å². The lowest BCUT2D eigenvalue weighted by molar-refractivity contribution is 0.0265. The zero-order chi connectivity index (χ0) is 18.7. The van der Waals surface area contributed by atoms with Crippen LogP contribution in [0, 0.1) is 11.2 Å². The van der Waals surface area contributed by atoms with Crippen molar-refractivity contribution in [2.24, 2.45) is 12.5 Å². The van der Waals surface area contributed by atoms with Crippen LogP contribution in [0.4, 0.5) is 4.39 Å². The van der Waals surface area contributed by atoms with Crippen molar-refractivity contribution in [3.63, 3.8) is 0 Å². The van der Waals surface area contributed by atoms with Gasteiger partial charge in [0.1, 0.15) is 11.5 Å². The standard InChI is InChI=1S/C20H26FN3O2/c1-3-17-11-18(23(2)22-17)19(26)24-10-4-9-20(13-24,14-25)12-15-5-7-16(21)8-6-15/h5-8,11,25H,3-4,9-10,12-14H2,1-2H3/t20-/m1/s1. The zero-order valence-corrected chi connectivity index (χ0v) is 15.4. The number of aliphatic hydroxyl groups excluding tert-OH is 1. The molecule has 1 fully saturated rings. The van der Waals surface area contributed by atoms with Crippen LogP contribution in [0.1, 0.15) is 41.5 Å². The average Bonchev–Trinajstić information content (AvgIpc) is 3.04. The van der Waals surface area contributed by atoms with Gasteiger partial charge in [0.25, 0.3) is 5.91 Å². The van der Waals surface area contributed by atoms with Gasteiger partial charge in [-0.3, -0.25) is 9.48 Å². The highest BCUT2D eigenvalue weighted by Crippen LogP contribution is 2.34. The fourth-order valence-corrected chi connectivity index (χ4v) is 3.81. The molecule has 1 atom stereocenters. The molecule has 1 aromatic carbocycles. The molecular weight excluding hydrogens is 333 g/mol. The van der Waals surface area contributed by atoms with Gasteiger partial charge in [-0.05, 0) is 49.4 Å². The fourth-order valence-electron chi connectivity index (χ4n) is 3.81. The summed E-state index contributed by atoms with van der Waals surface area (Å²) in [5.41, 5.74) is 2.06. The second kappa shape index (κ2) is 7.58. The van der Waals surface area contributed by atoms with Crippen LogP contribution in [0.5, 0.6) is 0 Å². The largest absolute Gasteiger partial charge is 0.396 e. The van der Waals surface area contributed by atoms with Crippen molar-refractivity contribution in [3.8, 4) is 0 Å². The number of halogens is 1. The average molecular weight is 359 g/mol. The van der Waals surface area contributed by atoms with Crippen LogP contribution in [0.3, 0.4) is 0 Å². The van der Waals surface area contributed by atoms with Crippen molar-refractivity contribution < 1.29 is 14.3 Å². The summed E-state index contributed by atoms with van der Waals surface area (Å²) in [4.78, 5) is 14.8. The molecule has 1 amide bonds. The highest BCUT2D eigenvalue weighted by atomic mass is 19.1. The van der Waals surface area contributed by atoms with Crippen molar-refractivity contribution in [2.45, 2.75) is 32.6 Å². The third-order valence-corrected chi connectivity index (χ3v) is 5.29. The molecule has 1 aromatic heterocycles. The molecular formula is C20H26FN3O2. The number of hydrogen-bond acceptors (Lipinski definition) is 3. The van der Waals surface area contributed by atoms with Crippen molar-refractivity contribution in [3.05, 3.63) is 53.1 Å². The maximum atomic E-state index is 13.2. The Kier molecular flexibility index (Phi) is 5.41. The van der Waals surface area contributed by atoms with Crippen LogP contribution >= 0.6 is 0 Å². The lowest BCUT2D eigenvalue weighted by Crippen LogP contribution is -2.49. The smallest absolute Gasteiger partial charge is 0.272 e. The molecule has 0 unspecified atom stereocenters. The third-order valence-electron chi connectivity index (χ3n) is 5.29. The summed E-state index contributed by atoms with van der Waals surface area (Å²) in [5, 5.41) is 14.5. The molecule has 26 heavy (non-hydrogen) atoms. The molecule has 1 aliphatic heterocycles. The van der Waals surface area contributed by atoms with E-state index in [2.05, 4.69) is 5.10 Å². The quantitative estimate of drug-likeness (QED) is 0.893. The van der Waals surface area contributed by atoms with Gasteiger partial charge < -0.3 is 10.0 Å². The predicted octanol–water partition coefficient (Wildman–Crippen LogP) is 2.58. The monoisotopic (exact) mass is 359 g/mol. The molecule has 5 nitrogen and oxygen atoms in total. The number of carbonyl (C=O) groups is 1. The Bertz CT molecular complexity index is 772. The lowest BCUT2D eigenvalue weighted by atomic mass is 9.75. The molecule has 1 aliphatic rings. The number of aliphatic hydroxyl groups is 1. The van der Waals surface area contributed by atoms with Crippen molar-refractivity contribution >= 4 is 5.91 Å². The molecule has 2 aromatic rings. The molecule has 3 rings (SSSR count). The minimum atomic E-state index is -0.391. The highest BCUT2D eigenvalue weighted by molar-refractivity contribution is 5.92. The number of rotatable bonds is 5. The summed E-state index contributed by atoms with van der Waals surface area (Å²) in [5.74, 6) is -0.313. The van der Waals surface area contributed by atoms with Crippen molar-refractivity contribution in [1.29, 1.82) is 0 Å². The minimum absolute atomic E-state index is 0.000245. The number of nitrogens with zero attached hydrogens (tertiary/aromatic N) is 3. The first kappa shape index (κ1) is 18.6. The van der Waals surface area contributed by atoms with E-state index in [0.717, 1.165) is 30.5 Å². The van der Waals surface area contributed by atoms with Gasteiger partial charge in [0.2, 0.25) is 0 Å². The first-order valence-corrected chi connectivity index (χ1v) is 9.14. The lowest BCUT2D eigenvalue weighted by Gasteiger charge is -2.42. The molecule has 2 heterocycles. The van der Waals surface area contributed by atoms with E-state index < -0.39 is 5.41 Å². The predicted molar refractivity (Wildman–Crippen MR) is 97.3 cm³/mol. The van der Waals surface area contributed by atoms with Gasteiger partial charge in [0.15, 0.2) is 0 Å². The van der Waals surface area contributed by atoms with Gasteiger partial charge in [-0.2, -0.15) is 5.10 Å². The number of amides is 1. The molecule has 0 radical (unpaired) electrons. The number of aromatic nitrogens is 2. The number of piperidine rings is 1. The summed E-state index contributed by atoms with van der Waals surface area (Å²) >= 11 is 0. The van der Waals surface area contributed by atoms with E-state index in [-0.39, 0.29) is 18.3 Å². The van der Waals surface area contributed by atoms with Crippen LogP contribution in [0.2, 0.25) is 0 Å². The summed E-state index contributed by atoms with van der Waals surface area (Å²) < 4.78 is 14.8. The Morgan fingerprint density at radius 1 is 1.35 bits per heavy atom. The van der Waals surface area contributed by atoms with Gasteiger partial charge in [0, 0.05) is 25.6 Å². The van der Waals surface area contributed by atoms with Crippen LogP contribution in [0.25, 0.3) is 0 Å². The van der Waals surface area contributed by atoms with E-state index in [4.69, 9.17) is 0 Å². The van der Waals surface area contributed by atoms with Crippen LogP contribution < -0.4 is 0 Å². The summed E-state index contributed by atoms with van der Waals surface area (Å²) in [6.07, 6.45) is 3.09. The summed E-state index contributed by atoms with van der Waals surface area (Å²) in [7, 11) is 1.79. The minimum Gasteiger partial charge on any atom is -0.396 e. The Balaban J connectivity index is 1.78. The summed E-state index contributed by atoms with van der Waals surface area (Å²) in [6, 6.07) is 8.23. The second-order valence-electron chi connectivity index (χ2n) is 7.29. The maximum absolute atomic E-state index is 13.2. The van der Waals surface area contributed by atoms with Crippen LogP contribution in [0.15, 0.2) is 30.3 Å². The Morgan fingerprint density at radius 3 is 2.69 bits per heavy atom. The molecule has 1 saturated heterocycles. The number of likely N-dealkylation sites (tertiary alicyclic amines) is 1. The number of benzene rings is 1. The normalized spacial score (nSPS) is 20.4. The molecule has 0 aliphatic carbocycles. The van der Waals surface area contributed by atoms with Gasteiger partial charge in [-0.1, -0.05) is 19.1 Å². The van der Waals surface area contributed by atoms with E-state index in [1.807, 2.05) is 17.9 Å². The van der Waals surface area contributed by atoms with Crippen molar-refractivity contribution in [1.82, 2.24) is 14.7 Å². The first-order chi connectivity index (χ1) is 12.5. The topological polar surface area (TPSA) is 58.4 Å². The summed E-state index contributed by atoms with van der Waals surface area (Å²) in [6.45, 7) is 3.18. The van der Waals surface area contributed by atoms with E-state index in [9.17, 15) is 14.3 Å². The second-order valence-corrected chi connectivity index (χ2v) is 7.29. The number of aryl methyl sites for hydroxylation is 2. The van der Waals surface area contributed by atoms with E-state index >= 15 is 0 Å². The number of carbonyl (C=O) groups excluding carboxylic acids is 1. The third kappa shape index (κ3) is 3.80. The van der Waals surface area contributed by atoms with Crippen LogP contribution in [-0.2, 0) is 19.9 Å². The Hall–Kier alpha value is -2.21. The Labute approximate surface area is 153 Å². The van der Waals surface area contributed by atoms with E-state index in [1.165, 1.54) is 12.1 Å². The Morgan fingerprint density at radius 2 is 2.08 bits per heavy atom. The fraction of sp³-hybridized carbons (Fsp3) is 0.500. The van der Waals surface area contributed by atoms with Gasteiger partial charge in [-0.15, -0.1) is 0 Å².